The van der Waals surface area contributed by atoms with Gasteiger partial charge in [-0.25, -0.2) is 0 Å². The molecule has 3 N–H and O–H groups in total. The third kappa shape index (κ3) is 2.53. The summed E-state index contributed by atoms with van der Waals surface area (Å²) >= 11 is 0. The number of furan rings is 1. The number of benzene rings is 1. The molecule has 1 aliphatic carbocycles. The molecule has 3 heteroatoms. The summed E-state index contributed by atoms with van der Waals surface area (Å²) in [4.78, 5) is 0. The fourth-order valence-electron chi connectivity index (χ4n) is 3.36. The van der Waals surface area contributed by atoms with E-state index in [-0.39, 0.29) is 6.04 Å². The van der Waals surface area contributed by atoms with Crippen LogP contribution >= 0.6 is 0 Å². The number of para-hydroxylation sites is 1. The maximum atomic E-state index is 5.85. The third-order valence-corrected chi connectivity index (χ3v) is 4.40. The Morgan fingerprint density at radius 3 is 2.58 bits per heavy atom. The van der Waals surface area contributed by atoms with Crippen LogP contribution in [0.1, 0.15) is 50.1 Å². The SMILES string of the molecule is NNC(c1coc2ccccc12)C1CCCCCC1. The van der Waals surface area contributed by atoms with E-state index in [0.717, 1.165) is 5.58 Å². The molecule has 1 heterocycles. The van der Waals surface area contributed by atoms with Crippen LogP contribution in [-0.2, 0) is 0 Å². The van der Waals surface area contributed by atoms with Crippen LogP contribution < -0.4 is 11.3 Å². The Morgan fingerprint density at radius 1 is 1.11 bits per heavy atom. The lowest BCUT2D eigenvalue weighted by molar-refractivity contribution is 0.328. The zero-order valence-corrected chi connectivity index (χ0v) is 11.3. The molecular formula is C16H22N2O. The summed E-state index contributed by atoms with van der Waals surface area (Å²) in [5, 5.41) is 1.19. The van der Waals surface area contributed by atoms with Crippen molar-refractivity contribution in [3.8, 4) is 0 Å². The molecule has 2 aromatic rings. The molecule has 0 amide bonds. The first-order chi connectivity index (χ1) is 9.40. The molecule has 0 saturated heterocycles. The maximum absolute atomic E-state index is 5.85. The van der Waals surface area contributed by atoms with Crippen LogP contribution in [0.2, 0.25) is 0 Å². The van der Waals surface area contributed by atoms with Gasteiger partial charge in [-0.1, -0.05) is 43.9 Å². The summed E-state index contributed by atoms with van der Waals surface area (Å²) in [6.45, 7) is 0. The maximum Gasteiger partial charge on any atom is 0.134 e. The van der Waals surface area contributed by atoms with Gasteiger partial charge in [0, 0.05) is 10.9 Å². The van der Waals surface area contributed by atoms with E-state index < -0.39 is 0 Å². The minimum absolute atomic E-state index is 0.210. The van der Waals surface area contributed by atoms with Crippen molar-refractivity contribution < 1.29 is 4.42 Å². The summed E-state index contributed by atoms with van der Waals surface area (Å²) in [5.74, 6) is 6.46. The van der Waals surface area contributed by atoms with Crippen LogP contribution in [0.5, 0.6) is 0 Å². The minimum Gasteiger partial charge on any atom is -0.464 e. The Hall–Kier alpha value is -1.32. The minimum atomic E-state index is 0.210. The average Bonchev–Trinajstić information content (AvgIpc) is 2.69. The highest BCUT2D eigenvalue weighted by molar-refractivity contribution is 5.81. The van der Waals surface area contributed by atoms with E-state index in [0.29, 0.717) is 5.92 Å². The molecular weight excluding hydrogens is 236 g/mol. The third-order valence-electron chi connectivity index (χ3n) is 4.40. The van der Waals surface area contributed by atoms with Crippen molar-refractivity contribution in [3.05, 3.63) is 36.1 Å². The molecule has 102 valence electrons. The van der Waals surface area contributed by atoms with Gasteiger partial charge in [0.2, 0.25) is 0 Å². The van der Waals surface area contributed by atoms with Crippen molar-refractivity contribution in [1.82, 2.24) is 5.43 Å². The predicted octanol–water partition coefficient (Wildman–Crippen LogP) is 3.91. The van der Waals surface area contributed by atoms with Gasteiger partial charge in [0.15, 0.2) is 0 Å². The van der Waals surface area contributed by atoms with E-state index in [2.05, 4.69) is 17.6 Å². The average molecular weight is 258 g/mol. The highest BCUT2D eigenvalue weighted by atomic mass is 16.3. The first-order valence-electron chi connectivity index (χ1n) is 7.32. The van der Waals surface area contributed by atoms with Crippen molar-refractivity contribution in [2.45, 2.75) is 44.6 Å². The van der Waals surface area contributed by atoms with Crippen LogP contribution in [0.4, 0.5) is 0 Å². The summed E-state index contributed by atoms with van der Waals surface area (Å²) < 4.78 is 5.66. The van der Waals surface area contributed by atoms with Gasteiger partial charge in [0.25, 0.3) is 0 Å². The van der Waals surface area contributed by atoms with Crippen LogP contribution in [0, 0.1) is 5.92 Å². The van der Waals surface area contributed by atoms with Gasteiger partial charge in [0.05, 0.1) is 12.3 Å². The predicted molar refractivity (Wildman–Crippen MR) is 77.5 cm³/mol. The van der Waals surface area contributed by atoms with Gasteiger partial charge in [-0.05, 0) is 24.8 Å². The van der Waals surface area contributed by atoms with Crippen LogP contribution in [0.15, 0.2) is 34.9 Å². The van der Waals surface area contributed by atoms with E-state index in [1.807, 2.05) is 18.4 Å². The molecule has 1 unspecified atom stereocenters. The summed E-state index contributed by atoms with van der Waals surface area (Å²) in [5.41, 5.74) is 5.20. The monoisotopic (exact) mass is 258 g/mol. The fraction of sp³-hybridized carbons (Fsp3) is 0.500. The van der Waals surface area contributed by atoms with Gasteiger partial charge in [-0.15, -0.1) is 0 Å². The highest BCUT2D eigenvalue weighted by Gasteiger charge is 2.25. The molecule has 0 bridgehead atoms. The number of hydrazine groups is 1. The molecule has 19 heavy (non-hydrogen) atoms. The van der Waals surface area contributed by atoms with Gasteiger partial charge in [0.1, 0.15) is 5.58 Å². The molecule has 0 aliphatic heterocycles. The first-order valence-corrected chi connectivity index (χ1v) is 7.32. The van der Waals surface area contributed by atoms with Crippen molar-refractivity contribution in [1.29, 1.82) is 0 Å². The topological polar surface area (TPSA) is 51.2 Å². The Labute approximate surface area is 114 Å². The van der Waals surface area contributed by atoms with Gasteiger partial charge in [-0.2, -0.15) is 0 Å². The number of nitrogens with one attached hydrogen (secondary N) is 1. The summed E-state index contributed by atoms with van der Waals surface area (Å²) in [7, 11) is 0. The lowest BCUT2D eigenvalue weighted by Crippen LogP contribution is -2.33. The fourth-order valence-corrected chi connectivity index (χ4v) is 3.36. The van der Waals surface area contributed by atoms with E-state index in [1.165, 1.54) is 49.5 Å². The van der Waals surface area contributed by atoms with E-state index in [1.54, 1.807) is 0 Å². The van der Waals surface area contributed by atoms with E-state index >= 15 is 0 Å². The Bertz CT molecular complexity index is 526. The second kappa shape index (κ2) is 5.76. The van der Waals surface area contributed by atoms with Gasteiger partial charge in [-0.3, -0.25) is 11.3 Å². The zero-order valence-electron chi connectivity index (χ0n) is 11.3. The number of nitrogens with two attached hydrogens (primary N) is 1. The summed E-state index contributed by atoms with van der Waals surface area (Å²) in [6, 6.07) is 8.41. The molecule has 3 nitrogen and oxygen atoms in total. The second-order valence-corrected chi connectivity index (χ2v) is 5.58. The van der Waals surface area contributed by atoms with Crippen molar-refractivity contribution in [2.24, 2.45) is 11.8 Å². The largest absolute Gasteiger partial charge is 0.464 e. The second-order valence-electron chi connectivity index (χ2n) is 5.58. The van der Waals surface area contributed by atoms with Gasteiger partial charge >= 0.3 is 0 Å². The Kier molecular flexibility index (Phi) is 3.85. The molecule has 1 aromatic heterocycles. The molecule has 1 atom stereocenters. The highest BCUT2D eigenvalue weighted by Crippen LogP contribution is 2.36. The van der Waals surface area contributed by atoms with Crippen molar-refractivity contribution >= 4 is 11.0 Å². The molecule has 1 fully saturated rings. The van der Waals surface area contributed by atoms with Crippen LogP contribution in [0.25, 0.3) is 11.0 Å². The molecule has 1 aliphatic rings. The lowest BCUT2D eigenvalue weighted by atomic mass is 9.87. The smallest absolute Gasteiger partial charge is 0.134 e. The quantitative estimate of drug-likeness (QED) is 0.498. The van der Waals surface area contributed by atoms with Crippen LogP contribution in [-0.4, -0.2) is 0 Å². The standard InChI is InChI=1S/C16H22N2O/c17-18-16(12-7-3-1-2-4-8-12)14-11-19-15-10-6-5-9-13(14)15/h5-6,9-12,16,18H,1-4,7-8,17H2. The van der Waals surface area contributed by atoms with Crippen molar-refractivity contribution in [2.75, 3.05) is 0 Å². The molecule has 0 spiro atoms. The first kappa shape index (κ1) is 12.7. The summed E-state index contributed by atoms with van der Waals surface area (Å²) in [6.07, 6.45) is 9.75. The number of hydrogen-bond donors (Lipinski definition) is 2. The Balaban J connectivity index is 1.92. The normalized spacial score (nSPS) is 19.4. The molecule has 3 rings (SSSR count). The Morgan fingerprint density at radius 2 is 1.84 bits per heavy atom. The zero-order chi connectivity index (χ0) is 13.1. The lowest BCUT2D eigenvalue weighted by Gasteiger charge is -2.24. The number of hydrogen-bond acceptors (Lipinski definition) is 3. The molecule has 1 aromatic carbocycles. The number of rotatable bonds is 3. The molecule has 0 radical (unpaired) electrons. The van der Waals surface area contributed by atoms with Crippen LogP contribution in [0.3, 0.4) is 0 Å². The molecule has 1 saturated carbocycles. The van der Waals surface area contributed by atoms with E-state index in [4.69, 9.17) is 10.3 Å². The number of fused-ring (bicyclic) bond motifs is 1. The van der Waals surface area contributed by atoms with Crippen molar-refractivity contribution in [3.63, 3.8) is 0 Å². The van der Waals surface area contributed by atoms with Gasteiger partial charge < -0.3 is 4.42 Å². The van der Waals surface area contributed by atoms with E-state index in [9.17, 15) is 0 Å².